The van der Waals surface area contributed by atoms with Gasteiger partial charge < -0.3 is 10.1 Å². The van der Waals surface area contributed by atoms with Crippen molar-refractivity contribution in [2.45, 2.75) is 31.9 Å². The maximum absolute atomic E-state index is 11.9. The van der Waals surface area contributed by atoms with Gasteiger partial charge in [-0.05, 0) is 43.5 Å². The maximum atomic E-state index is 11.9. The third-order valence-corrected chi connectivity index (χ3v) is 2.79. The Bertz CT molecular complexity index is 320. The van der Waals surface area contributed by atoms with E-state index in [1.807, 2.05) is 12.1 Å². The second kappa shape index (κ2) is 5.25. The Morgan fingerprint density at radius 1 is 1.31 bits per heavy atom. The highest BCUT2D eigenvalue weighted by Crippen LogP contribution is 2.17. The minimum atomic E-state index is -2.75. The second-order valence-corrected chi connectivity index (χ2v) is 4.02. The molecule has 0 bridgehead atoms. The van der Waals surface area contributed by atoms with Gasteiger partial charge in [-0.2, -0.15) is 8.78 Å². The summed E-state index contributed by atoms with van der Waals surface area (Å²) in [6.07, 6.45) is 3.36. The summed E-state index contributed by atoms with van der Waals surface area (Å²) in [7, 11) is 0. The Morgan fingerprint density at radius 3 is 2.62 bits per heavy atom. The molecule has 1 atom stereocenters. The molecular formula is C12H15F2NO. The third-order valence-electron chi connectivity index (χ3n) is 2.79. The van der Waals surface area contributed by atoms with Crippen molar-refractivity contribution in [2.75, 3.05) is 6.54 Å². The van der Waals surface area contributed by atoms with E-state index in [9.17, 15) is 8.78 Å². The van der Waals surface area contributed by atoms with E-state index in [2.05, 4.69) is 10.1 Å². The molecule has 1 fully saturated rings. The van der Waals surface area contributed by atoms with Crippen LogP contribution in [0.4, 0.5) is 8.78 Å². The molecule has 1 unspecified atom stereocenters. The average molecular weight is 227 g/mol. The lowest BCUT2D eigenvalue weighted by molar-refractivity contribution is -0.0498. The number of benzene rings is 1. The highest BCUT2D eigenvalue weighted by atomic mass is 19.3. The molecule has 0 aliphatic carbocycles. The van der Waals surface area contributed by atoms with Crippen LogP contribution >= 0.6 is 0 Å². The largest absolute Gasteiger partial charge is 0.435 e. The topological polar surface area (TPSA) is 21.3 Å². The molecule has 1 aromatic rings. The minimum absolute atomic E-state index is 0.220. The molecule has 1 aromatic carbocycles. The van der Waals surface area contributed by atoms with Crippen LogP contribution in [-0.2, 0) is 6.42 Å². The minimum Gasteiger partial charge on any atom is -0.435 e. The monoisotopic (exact) mass is 227 g/mol. The molecule has 0 amide bonds. The lowest BCUT2D eigenvalue weighted by Gasteiger charge is -2.10. The van der Waals surface area contributed by atoms with Gasteiger partial charge >= 0.3 is 6.61 Å². The van der Waals surface area contributed by atoms with Crippen LogP contribution in [0.2, 0.25) is 0 Å². The Balaban J connectivity index is 1.90. The zero-order valence-corrected chi connectivity index (χ0v) is 8.96. The van der Waals surface area contributed by atoms with Crippen molar-refractivity contribution in [1.82, 2.24) is 5.32 Å². The number of ether oxygens (including phenoxy) is 1. The van der Waals surface area contributed by atoms with Crippen LogP contribution in [0.25, 0.3) is 0 Å². The molecule has 1 aliphatic rings. The number of halogens is 2. The van der Waals surface area contributed by atoms with Crippen molar-refractivity contribution in [1.29, 1.82) is 0 Å². The van der Waals surface area contributed by atoms with Gasteiger partial charge in [-0.25, -0.2) is 0 Å². The predicted molar refractivity (Wildman–Crippen MR) is 57.8 cm³/mol. The van der Waals surface area contributed by atoms with E-state index in [0.717, 1.165) is 18.5 Å². The average Bonchev–Trinajstić information content (AvgIpc) is 2.73. The zero-order valence-electron chi connectivity index (χ0n) is 8.96. The summed E-state index contributed by atoms with van der Waals surface area (Å²) < 4.78 is 28.1. The fraction of sp³-hybridized carbons (Fsp3) is 0.500. The van der Waals surface area contributed by atoms with E-state index < -0.39 is 6.61 Å². The van der Waals surface area contributed by atoms with E-state index >= 15 is 0 Å². The van der Waals surface area contributed by atoms with Crippen LogP contribution in [0.1, 0.15) is 18.4 Å². The van der Waals surface area contributed by atoms with Gasteiger partial charge in [0.15, 0.2) is 0 Å². The van der Waals surface area contributed by atoms with Gasteiger partial charge in [0.25, 0.3) is 0 Å². The first-order chi connectivity index (χ1) is 7.74. The van der Waals surface area contributed by atoms with Crippen LogP contribution < -0.4 is 10.1 Å². The van der Waals surface area contributed by atoms with Gasteiger partial charge in [-0.3, -0.25) is 0 Å². The fourth-order valence-corrected chi connectivity index (χ4v) is 2.02. The van der Waals surface area contributed by atoms with Crippen molar-refractivity contribution >= 4 is 0 Å². The van der Waals surface area contributed by atoms with Gasteiger partial charge in [0, 0.05) is 6.04 Å². The summed E-state index contributed by atoms with van der Waals surface area (Å²) in [6, 6.07) is 7.41. The highest BCUT2D eigenvalue weighted by Gasteiger charge is 2.14. The van der Waals surface area contributed by atoms with Crippen molar-refractivity contribution in [2.24, 2.45) is 0 Å². The summed E-state index contributed by atoms with van der Waals surface area (Å²) in [5, 5.41) is 3.40. The molecule has 1 heterocycles. The Morgan fingerprint density at radius 2 is 2.06 bits per heavy atom. The van der Waals surface area contributed by atoms with Crippen LogP contribution in [0.3, 0.4) is 0 Å². The zero-order chi connectivity index (χ0) is 11.4. The van der Waals surface area contributed by atoms with Crippen LogP contribution in [0, 0.1) is 0 Å². The highest BCUT2D eigenvalue weighted by molar-refractivity contribution is 5.27. The molecule has 0 saturated carbocycles. The lowest BCUT2D eigenvalue weighted by atomic mass is 10.0. The standard InChI is InChI=1S/C12H15F2NO/c13-12(14)16-11-5-3-9(4-6-11)8-10-2-1-7-15-10/h3-6,10,12,15H,1-2,7-8H2. The van der Waals surface area contributed by atoms with Crippen LogP contribution in [0.5, 0.6) is 5.75 Å². The first-order valence-corrected chi connectivity index (χ1v) is 5.51. The number of alkyl halides is 2. The van der Waals surface area contributed by atoms with E-state index in [0.29, 0.717) is 6.04 Å². The van der Waals surface area contributed by atoms with Crippen LogP contribution in [0.15, 0.2) is 24.3 Å². The van der Waals surface area contributed by atoms with Gasteiger partial charge in [0.2, 0.25) is 0 Å². The number of rotatable bonds is 4. The van der Waals surface area contributed by atoms with Crippen molar-refractivity contribution in [3.05, 3.63) is 29.8 Å². The SMILES string of the molecule is FC(F)Oc1ccc(CC2CCCN2)cc1. The smallest absolute Gasteiger partial charge is 0.387 e. The number of nitrogens with one attached hydrogen (secondary N) is 1. The van der Waals surface area contributed by atoms with E-state index in [1.165, 1.54) is 12.8 Å². The number of hydrogen-bond acceptors (Lipinski definition) is 2. The number of hydrogen-bond donors (Lipinski definition) is 1. The molecule has 88 valence electrons. The molecule has 0 radical (unpaired) electrons. The first kappa shape index (κ1) is 11.3. The summed E-state index contributed by atoms with van der Waals surface area (Å²) in [5.41, 5.74) is 1.15. The first-order valence-electron chi connectivity index (χ1n) is 5.51. The molecular weight excluding hydrogens is 212 g/mol. The summed E-state index contributed by atoms with van der Waals surface area (Å²) in [5.74, 6) is 0.220. The fourth-order valence-electron chi connectivity index (χ4n) is 2.02. The van der Waals surface area contributed by atoms with Gasteiger partial charge in [0.05, 0.1) is 0 Å². The second-order valence-electron chi connectivity index (χ2n) is 4.02. The normalized spacial score (nSPS) is 20.3. The molecule has 1 saturated heterocycles. The van der Waals surface area contributed by atoms with Crippen LogP contribution in [-0.4, -0.2) is 19.2 Å². The van der Waals surface area contributed by atoms with Crippen molar-refractivity contribution in [3.63, 3.8) is 0 Å². The Hall–Kier alpha value is -1.16. The quantitative estimate of drug-likeness (QED) is 0.853. The molecule has 4 heteroatoms. The van der Waals surface area contributed by atoms with E-state index in [1.54, 1.807) is 12.1 Å². The van der Waals surface area contributed by atoms with Gasteiger partial charge in [-0.1, -0.05) is 12.1 Å². The maximum Gasteiger partial charge on any atom is 0.387 e. The van der Waals surface area contributed by atoms with Crippen molar-refractivity contribution < 1.29 is 13.5 Å². The molecule has 1 N–H and O–H groups in total. The molecule has 2 nitrogen and oxygen atoms in total. The molecule has 1 aliphatic heterocycles. The molecule has 2 rings (SSSR count). The third kappa shape index (κ3) is 3.17. The van der Waals surface area contributed by atoms with E-state index in [4.69, 9.17) is 0 Å². The van der Waals surface area contributed by atoms with Crippen molar-refractivity contribution in [3.8, 4) is 5.75 Å². The summed E-state index contributed by atoms with van der Waals surface area (Å²) in [6.45, 7) is -1.67. The van der Waals surface area contributed by atoms with E-state index in [-0.39, 0.29) is 5.75 Å². The Labute approximate surface area is 93.6 Å². The predicted octanol–water partition coefficient (Wildman–Crippen LogP) is 2.58. The molecule has 0 aromatic heterocycles. The molecule has 0 spiro atoms. The summed E-state index contributed by atoms with van der Waals surface area (Å²) in [4.78, 5) is 0. The summed E-state index contributed by atoms with van der Waals surface area (Å²) >= 11 is 0. The van der Waals surface area contributed by atoms with Gasteiger partial charge in [0.1, 0.15) is 5.75 Å². The lowest BCUT2D eigenvalue weighted by Crippen LogP contribution is -2.23. The van der Waals surface area contributed by atoms with Gasteiger partial charge in [-0.15, -0.1) is 0 Å². The Kier molecular flexibility index (Phi) is 3.72. The molecule has 16 heavy (non-hydrogen) atoms.